The number of rotatable bonds is 2. The highest BCUT2D eigenvalue weighted by atomic mass is 35.5. The second-order valence-corrected chi connectivity index (χ2v) is 3.86. The molecule has 2 rings (SSSR count). The van der Waals surface area contributed by atoms with Gasteiger partial charge >= 0.3 is 0 Å². The molecule has 15 heavy (non-hydrogen) atoms. The molecule has 0 spiro atoms. The summed E-state index contributed by atoms with van der Waals surface area (Å²) in [6.45, 7) is 2.69. The van der Waals surface area contributed by atoms with E-state index >= 15 is 0 Å². The van der Waals surface area contributed by atoms with Crippen LogP contribution in [0.15, 0.2) is 30.6 Å². The number of hydrogen-bond acceptors (Lipinski definition) is 2. The molecule has 0 aliphatic rings. The smallest absolute Gasteiger partial charge is 0.105 e. The van der Waals surface area contributed by atoms with Crippen molar-refractivity contribution in [3.8, 4) is 0 Å². The van der Waals surface area contributed by atoms with E-state index in [1.54, 1.807) is 12.3 Å². The molecule has 0 atom stereocenters. The van der Waals surface area contributed by atoms with Gasteiger partial charge in [-0.2, -0.15) is 0 Å². The summed E-state index contributed by atoms with van der Waals surface area (Å²) < 4.78 is 2.04. The first-order chi connectivity index (χ1) is 7.16. The normalized spacial score (nSPS) is 10.5. The van der Waals surface area contributed by atoms with Crippen LogP contribution in [0.2, 0.25) is 5.02 Å². The average molecular weight is 222 g/mol. The zero-order chi connectivity index (χ0) is 10.8. The molecule has 0 bridgehead atoms. The quantitative estimate of drug-likeness (QED) is 0.792. The van der Waals surface area contributed by atoms with Crippen molar-refractivity contribution in [2.75, 3.05) is 5.73 Å². The van der Waals surface area contributed by atoms with Crippen molar-refractivity contribution in [3.63, 3.8) is 0 Å². The van der Waals surface area contributed by atoms with Crippen LogP contribution in [0.1, 0.15) is 11.4 Å². The zero-order valence-corrected chi connectivity index (χ0v) is 9.20. The number of halogens is 1. The number of hydrogen-bond donors (Lipinski definition) is 1. The Kier molecular flexibility index (Phi) is 2.64. The summed E-state index contributed by atoms with van der Waals surface area (Å²) in [4.78, 5) is 4.16. The molecule has 1 aromatic carbocycles. The van der Waals surface area contributed by atoms with Gasteiger partial charge in [-0.15, -0.1) is 0 Å². The van der Waals surface area contributed by atoms with Gasteiger partial charge in [-0.3, -0.25) is 0 Å². The fourth-order valence-electron chi connectivity index (χ4n) is 1.45. The van der Waals surface area contributed by atoms with Crippen molar-refractivity contribution in [1.82, 2.24) is 9.55 Å². The van der Waals surface area contributed by atoms with Crippen LogP contribution in [0, 0.1) is 6.92 Å². The molecule has 0 radical (unpaired) electrons. The second kappa shape index (κ2) is 3.95. The summed E-state index contributed by atoms with van der Waals surface area (Å²) in [6, 6.07) is 5.56. The molecule has 3 nitrogen and oxygen atoms in total. The summed E-state index contributed by atoms with van der Waals surface area (Å²) in [5.41, 5.74) is 7.36. The van der Waals surface area contributed by atoms with Gasteiger partial charge in [0.15, 0.2) is 0 Å². The third-order valence-electron chi connectivity index (χ3n) is 2.34. The maximum absolute atomic E-state index is 6.09. The van der Waals surface area contributed by atoms with E-state index < -0.39 is 0 Å². The van der Waals surface area contributed by atoms with Crippen molar-refractivity contribution in [1.29, 1.82) is 0 Å². The van der Waals surface area contributed by atoms with Crippen molar-refractivity contribution in [2.45, 2.75) is 13.5 Å². The van der Waals surface area contributed by atoms with E-state index in [2.05, 4.69) is 4.98 Å². The number of imidazole rings is 1. The minimum atomic E-state index is 0.686. The Labute approximate surface area is 93.5 Å². The molecule has 2 aromatic rings. The maximum atomic E-state index is 6.09. The molecule has 1 aromatic heterocycles. The van der Waals surface area contributed by atoms with E-state index in [9.17, 15) is 0 Å². The minimum Gasteiger partial charge on any atom is -0.399 e. The predicted octanol–water partition coefficient (Wildman–Crippen LogP) is 2.48. The molecule has 0 aliphatic carbocycles. The SMILES string of the molecule is Cc1nccn1Cc1ccc(N)cc1Cl. The maximum Gasteiger partial charge on any atom is 0.105 e. The lowest BCUT2D eigenvalue weighted by molar-refractivity contribution is 0.762. The Morgan fingerprint density at radius 2 is 2.27 bits per heavy atom. The number of aryl methyl sites for hydroxylation is 1. The third-order valence-corrected chi connectivity index (χ3v) is 2.69. The lowest BCUT2D eigenvalue weighted by Crippen LogP contribution is -2.01. The van der Waals surface area contributed by atoms with Gasteiger partial charge in [0, 0.05) is 23.1 Å². The van der Waals surface area contributed by atoms with Crippen molar-refractivity contribution < 1.29 is 0 Å². The molecular weight excluding hydrogens is 210 g/mol. The Bertz CT molecular complexity index is 476. The summed E-state index contributed by atoms with van der Waals surface area (Å²) in [6.07, 6.45) is 3.71. The molecule has 2 N–H and O–H groups in total. The monoisotopic (exact) mass is 221 g/mol. The highest BCUT2D eigenvalue weighted by Gasteiger charge is 2.03. The van der Waals surface area contributed by atoms with Gasteiger partial charge in [-0.25, -0.2) is 4.98 Å². The fourth-order valence-corrected chi connectivity index (χ4v) is 1.69. The van der Waals surface area contributed by atoms with Gasteiger partial charge in [0.05, 0.1) is 6.54 Å². The van der Waals surface area contributed by atoms with Crippen LogP contribution in [0.3, 0.4) is 0 Å². The minimum absolute atomic E-state index is 0.686. The van der Waals surface area contributed by atoms with Crippen molar-refractivity contribution in [2.24, 2.45) is 0 Å². The zero-order valence-electron chi connectivity index (χ0n) is 8.44. The topological polar surface area (TPSA) is 43.8 Å². The van der Waals surface area contributed by atoms with Crippen LogP contribution in [0.25, 0.3) is 0 Å². The van der Waals surface area contributed by atoms with Crippen LogP contribution in [0.4, 0.5) is 5.69 Å². The lowest BCUT2D eigenvalue weighted by atomic mass is 10.2. The average Bonchev–Trinajstić information content (AvgIpc) is 2.57. The van der Waals surface area contributed by atoms with E-state index in [1.807, 2.05) is 29.8 Å². The van der Waals surface area contributed by atoms with Gasteiger partial charge < -0.3 is 10.3 Å². The summed E-state index contributed by atoms with van der Waals surface area (Å²) in [5.74, 6) is 0.975. The molecule has 4 heteroatoms. The number of nitrogens with two attached hydrogens (primary N) is 1. The Morgan fingerprint density at radius 3 is 2.87 bits per heavy atom. The highest BCUT2D eigenvalue weighted by Crippen LogP contribution is 2.20. The number of anilines is 1. The van der Waals surface area contributed by atoms with Crippen LogP contribution in [-0.4, -0.2) is 9.55 Å². The van der Waals surface area contributed by atoms with Gasteiger partial charge in [0.1, 0.15) is 5.82 Å². The Balaban J connectivity index is 2.29. The molecule has 0 amide bonds. The third kappa shape index (κ3) is 2.13. The Hall–Kier alpha value is -1.48. The largest absolute Gasteiger partial charge is 0.399 e. The fraction of sp³-hybridized carbons (Fsp3) is 0.182. The van der Waals surface area contributed by atoms with Gasteiger partial charge in [-0.1, -0.05) is 17.7 Å². The molecular formula is C11H12ClN3. The molecule has 0 unspecified atom stereocenters. The van der Waals surface area contributed by atoms with Gasteiger partial charge in [-0.05, 0) is 24.6 Å². The van der Waals surface area contributed by atoms with E-state index in [0.29, 0.717) is 10.7 Å². The Morgan fingerprint density at radius 1 is 1.47 bits per heavy atom. The summed E-state index contributed by atoms with van der Waals surface area (Å²) in [7, 11) is 0. The second-order valence-electron chi connectivity index (χ2n) is 3.45. The van der Waals surface area contributed by atoms with Gasteiger partial charge in [0.2, 0.25) is 0 Å². The van der Waals surface area contributed by atoms with E-state index in [4.69, 9.17) is 17.3 Å². The van der Waals surface area contributed by atoms with E-state index in [-0.39, 0.29) is 0 Å². The summed E-state index contributed by atoms with van der Waals surface area (Å²) >= 11 is 6.09. The number of nitrogen functional groups attached to an aromatic ring is 1. The van der Waals surface area contributed by atoms with Crippen LogP contribution in [-0.2, 0) is 6.54 Å². The molecule has 0 saturated carbocycles. The molecule has 1 heterocycles. The number of benzene rings is 1. The molecule has 0 fully saturated rings. The first-order valence-corrected chi connectivity index (χ1v) is 5.06. The van der Waals surface area contributed by atoms with Crippen molar-refractivity contribution >= 4 is 17.3 Å². The number of aromatic nitrogens is 2. The van der Waals surface area contributed by atoms with Crippen LogP contribution >= 0.6 is 11.6 Å². The standard InChI is InChI=1S/C11H12ClN3/c1-8-14-4-5-15(8)7-9-2-3-10(13)6-11(9)12/h2-6H,7,13H2,1H3. The molecule has 0 aliphatic heterocycles. The number of nitrogens with zero attached hydrogens (tertiary/aromatic N) is 2. The first-order valence-electron chi connectivity index (χ1n) is 4.68. The molecule has 78 valence electrons. The van der Waals surface area contributed by atoms with Gasteiger partial charge in [0.25, 0.3) is 0 Å². The highest BCUT2D eigenvalue weighted by molar-refractivity contribution is 6.31. The predicted molar refractivity (Wildman–Crippen MR) is 61.9 cm³/mol. The van der Waals surface area contributed by atoms with Crippen molar-refractivity contribution in [3.05, 3.63) is 47.0 Å². The van der Waals surface area contributed by atoms with Crippen LogP contribution in [0.5, 0.6) is 0 Å². The van der Waals surface area contributed by atoms with E-state index in [1.165, 1.54) is 0 Å². The van der Waals surface area contributed by atoms with E-state index in [0.717, 1.165) is 17.9 Å². The summed E-state index contributed by atoms with van der Waals surface area (Å²) in [5, 5.41) is 0.697. The molecule has 0 saturated heterocycles. The van der Waals surface area contributed by atoms with Crippen LogP contribution < -0.4 is 5.73 Å². The first kappa shape index (κ1) is 10.1. The lowest BCUT2D eigenvalue weighted by Gasteiger charge is -2.07.